The van der Waals surface area contributed by atoms with E-state index in [9.17, 15) is 0 Å². The lowest BCUT2D eigenvalue weighted by Gasteiger charge is -2.29. The predicted octanol–water partition coefficient (Wildman–Crippen LogP) is 3.55. The fourth-order valence-electron chi connectivity index (χ4n) is 2.94. The van der Waals surface area contributed by atoms with Crippen LogP contribution >= 0.6 is 0 Å². The van der Waals surface area contributed by atoms with Gasteiger partial charge in [0, 0.05) is 18.2 Å². The van der Waals surface area contributed by atoms with E-state index in [0.29, 0.717) is 28.9 Å². The Balaban J connectivity index is 1.66. The minimum Gasteiger partial charge on any atom is -0.489 e. The van der Waals surface area contributed by atoms with Gasteiger partial charge < -0.3 is 26.3 Å². The van der Waals surface area contributed by atoms with Gasteiger partial charge in [-0.25, -0.2) is 0 Å². The van der Waals surface area contributed by atoms with Gasteiger partial charge in [-0.05, 0) is 50.6 Å². The molecule has 0 aromatic heterocycles. The fraction of sp³-hybridized carbons (Fsp3) is 0.368. The summed E-state index contributed by atoms with van der Waals surface area (Å²) in [4.78, 5) is 0. The maximum absolute atomic E-state index is 6.09. The van der Waals surface area contributed by atoms with Crippen molar-refractivity contribution in [3.8, 4) is 17.2 Å². The number of ether oxygens (including phenoxy) is 2. The molecule has 5 nitrogen and oxygen atoms in total. The summed E-state index contributed by atoms with van der Waals surface area (Å²) in [5.41, 5.74) is 12.6. The Morgan fingerprint density at radius 1 is 1.00 bits per heavy atom. The first-order valence-corrected chi connectivity index (χ1v) is 8.45. The van der Waals surface area contributed by atoms with Crippen LogP contribution in [-0.4, -0.2) is 18.7 Å². The molecule has 128 valence electrons. The van der Waals surface area contributed by atoms with Gasteiger partial charge in [0.15, 0.2) is 0 Å². The zero-order chi connectivity index (χ0) is 16.9. The third kappa shape index (κ3) is 4.11. The van der Waals surface area contributed by atoms with Crippen LogP contribution in [0.5, 0.6) is 17.2 Å². The topological polar surface area (TPSA) is 82.5 Å². The van der Waals surface area contributed by atoms with Crippen molar-refractivity contribution in [3.05, 3.63) is 42.5 Å². The van der Waals surface area contributed by atoms with E-state index < -0.39 is 0 Å². The summed E-state index contributed by atoms with van der Waals surface area (Å²) >= 11 is 0. The second kappa shape index (κ2) is 7.45. The number of nitrogen functional groups attached to an aromatic ring is 2. The summed E-state index contributed by atoms with van der Waals surface area (Å²) in [6.07, 6.45) is 3.78. The second-order valence-electron chi connectivity index (χ2n) is 6.25. The van der Waals surface area contributed by atoms with Gasteiger partial charge in [0.25, 0.3) is 0 Å². The lowest BCUT2D eigenvalue weighted by molar-refractivity contribution is 0.152. The number of nitrogens with one attached hydrogen (secondary N) is 1. The molecular weight excluding hydrogens is 302 g/mol. The summed E-state index contributed by atoms with van der Waals surface area (Å²) in [6.45, 7) is 3.18. The molecule has 1 aliphatic rings. The van der Waals surface area contributed by atoms with Gasteiger partial charge in [-0.3, -0.25) is 0 Å². The molecular formula is C19H25N3O2. The van der Waals surface area contributed by atoms with Crippen LogP contribution in [0.1, 0.15) is 26.2 Å². The SMILES string of the molecule is CC(Oc1cccc(Oc2ccc(N)c(N)c2)c1)C1CCCCN1. The molecule has 0 aliphatic carbocycles. The van der Waals surface area contributed by atoms with Gasteiger partial charge in [-0.15, -0.1) is 0 Å². The Hall–Kier alpha value is -2.40. The van der Waals surface area contributed by atoms with Crippen LogP contribution in [-0.2, 0) is 0 Å². The number of benzene rings is 2. The lowest BCUT2D eigenvalue weighted by atomic mass is 10.0. The Morgan fingerprint density at radius 3 is 2.54 bits per heavy atom. The van der Waals surface area contributed by atoms with Crippen molar-refractivity contribution in [1.82, 2.24) is 5.32 Å². The van der Waals surface area contributed by atoms with Crippen LogP contribution in [0.4, 0.5) is 11.4 Å². The van der Waals surface area contributed by atoms with Gasteiger partial charge in [-0.2, -0.15) is 0 Å². The number of hydrogen-bond acceptors (Lipinski definition) is 5. The van der Waals surface area contributed by atoms with Gasteiger partial charge >= 0.3 is 0 Å². The highest BCUT2D eigenvalue weighted by Crippen LogP contribution is 2.29. The number of anilines is 2. The van der Waals surface area contributed by atoms with Crippen LogP contribution in [0.2, 0.25) is 0 Å². The van der Waals surface area contributed by atoms with Gasteiger partial charge in [0.1, 0.15) is 23.4 Å². The first-order valence-electron chi connectivity index (χ1n) is 8.45. The number of nitrogens with two attached hydrogens (primary N) is 2. The van der Waals surface area contributed by atoms with Gasteiger partial charge in [0.05, 0.1) is 11.4 Å². The maximum atomic E-state index is 6.09. The highest BCUT2D eigenvalue weighted by molar-refractivity contribution is 5.65. The molecule has 2 unspecified atom stereocenters. The van der Waals surface area contributed by atoms with Crippen LogP contribution in [0, 0.1) is 0 Å². The molecule has 0 spiro atoms. The molecule has 0 radical (unpaired) electrons. The molecule has 5 N–H and O–H groups in total. The molecule has 1 heterocycles. The quantitative estimate of drug-likeness (QED) is 0.732. The Morgan fingerprint density at radius 2 is 1.79 bits per heavy atom. The summed E-state index contributed by atoms with van der Waals surface area (Å²) < 4.78 is 11.9. The normalized spacial score (nSPS) is 18.8. The molecule has 24 heavy (non-hydrogen) atoms. The average molecular weight is 327 g/mol. The molecule has 1 saturated heterocycles. The zero-order valence-electron chi connectivity index (χ0n) is 14.0. The van der Waals surface area contributed by atoms with Gasteiger partial charge in [-0.1, -0.05) is 12.5 Å². The molecule has 1 aliphatic heterocycles. The molecule has 0 amide bonds. The van der Waals surface area contributed by atoms with E-state index in [1.165, 1.54) is 12.8 Å². The van der Waals surface area contributed by atoms with Crippen molar-refractivity contribution in [2.45, 2.75) is 38.3 Å². The molecule has 1 fully saturated rings. The van der Waals surface area contributed by atoms with E-state index in [1.54, 1.807) is 18.2 Å². The van der Waals surface area contributed by atoms with E-state index >= 15 is 0 Å². The smallest absolute Gasteiger partial charge is 0.131 e. The van der Waals surface area contributed by atoms with Crippen molar-refractivity contribution in [2.75, 3.05) is 18.0 Å². The lowest BCUT2D eigenvalue weighted by Crippen LogP contribution is -2.44. The minimum absolute atomic E-state index is 0.118. The Bertz CT molecular complexity index is 684. The standard InChI is InChI=1S/C19H25N3O2/c1-13(19-7-2-3-10-22-19)23-14-5-4-6-15(11-14)24-16-8-9-17(20)18(21)12-16/h4-6,8-9,11-13,19,22H,2-3,7,10,20-21H2,1H3. The molecule has 0 bridgehead atoms. The number of piperidine rings is 1. The highest BCUT2D eigenvalue weighted by Gasteiger charge is 2.20. The minimum atomic E-state index is 0.118. The van der Waals surface area contributed by atoms with Crippen LogP contribution in [0.3, 0.4) is 0 Å². The monoisotopic (exact) mass is 327 g/mol. The first kappa shape index (κ1) is 16.5. The van der Waals surface area contributed by atoms with Crippen molar-refractivity contribution in [1.29, 1.82) is 0 Å². The summed E-state index contributed by atoms with van der Waals surface area (Å²) in [7, 11) is 0. The van der Waals surface area contributed by atoms with Crippen LogP contribution in [0.15, 0.2) is 42.5 Å². The first-order chi connectivity index (χ1) is 11.6. The molecule has 0 saturated carbocycles. The van der Waals surface area contributed by atoms with Crippen molar-refractivity contribution in [2.24, 2.45) is 0 Å². The largest absolute Gasteiger partial charge is 0.489 e. The average Bonchev–Trinajstić information content (AvgIpc) is 2.59. The van der Waals surface area contributed by atoms with E-state index in [4.69, 9.17) is 20.9 Å². The third-order valence-electron chi connectivity index (χ3n) is 4.34. The fourth-order valence-corrected chi connectivity index (χ4v) is 2.94. The van der Waals surface area contributed by atoms with Gasteiger partial charge in [0.2, 0.25) is 0 Å². The van der Waals surface area contributed by atoms with Crippen molar-refractivity contribution >= 4 is 11.4 Å². The van der Waals surface area contributed by atoms with Crippen molar-refractivity contribution in [3.63, 3.8) is 0 Å². The second-order valence-corrected chi connectivity index (χ2v) is 6.25. The van der Waals surface area contributed by atoms with E-state index in [1.807, 2.05) is 24.3 Å². The van der Waals surface area contributed by atoms with Crippen molar-refractivity contribution < 1.29 is 9.47 Å². The third-order valence-corrected chi connectivity index (χ3v) is 4.34. The maximum Gasteiger partial charge on any atom is 0.131 e. The predicted molar refractivity (Wildman–Crippen MR) is 97.5 cm³/mol. The summed E-state index contributed by atoms with van der Waals surface area (Å²) in [6, 6.07) is 13.3. The van der Waals surface area contributed by atoms with Crippen LogP contribution < -0.4 is 26.3 Å². The van der Waals surface area contributed by atoms with E-state index in [0.717, 1.165) is 18.7 Å². The molecule has 2 atom stereocenters. The van der Waals surface area contributed by atoms with Crippen LogP contribution in [0.25, 0.3) is 0 Å². The molecule has 2 aromatic rings. The number of rotatable bonds is 5. The molecule has 5 heteroatoms. The van der Waals surface area contributed by atoms with E-state index in [-0.39, 0.29) is 6.10 Å². The summed E-state index contributed by atoms with van der Waals surface area (Å²) in [5, 5.41) is 3.52. The van der Waals surface area contributed by atoms with E-state index in [2.05, 4.69) is 12.2 Å². The zero-order valence-corrected chi connectivity index (χ0v) is 14.0. The molecule has 3 rings (SSSR count). The number of hydrogen-bond donors (Lipinski definition) is 3. The highest BCUT2D eigenvalue weighted by atomic mass is 16.5. The Labute approximate surface area is 142 Å². The molecule has 2 aromatic carbocycles. The summed E-state index contributed by atoms with van der Waals surface area (Å²) in [5.74, 6) is 2.16. The Kier molecular flexibility index (Phi) is 5.11.